The van der Waals surface area contributed by atoms with Crippen LogP contribution in [0.1, 0.15) is 10.4 Å². The fourth-order valence-electron chi connectivity index (χ4n) is 1.32. The molecule has 4 nitrogen and oxygen atoms in total. The van der Waals surface area contributed by atoms with Gasteiger partial charge < -0.3 is 5.32 Å². The maximum absolute atomic E-state index is 13.6. The summed E-state index contributed by atoms with van der Waals surface area (Å²) in [5.41, 5.74) is -0.145. The number of nitrogens with zero attached hydrogens (tertiary/aromatic N) is 2. The van der Waals surface area contributed by atoms with Crippen molar-refractivity contribution in [3.05, 3.63) is 50.6 Å². The summed E-state index contributed by atoms with van der Waals surface area (Å²) in [4.78, 5) is 19.4. The van der Waals surface area contributed by atoms with E-state index in [-0.39, 0.29) is 21.6 Å². The van der Waals surface area contributed by atoms with Gasteiger partial charge in [0.2, 0.25) is 0 Å². The van der Waals surface area contributed by atoms with Crippen LogP contribution in [0.15, 0.2) is 29.0 Å². The molecule has 1 heterocycles. The zero-order valence-electron chi connectivity index (χ0n) is 9.12. The molecule has 0 atom stereocenters. The number of nitrogens with one attached hydrogen (secondary N) is 1. The third kappa shape index (κ3) is 3.02. The highest BCUT2D eigenvalue weighted by Crippen LogP contribution is 2.27. The summed E-state index contributed by atoms with van der Waals surface area (Å²) < 4.78 is 13.9. The highest BCUT2D eigenvalue weighted by Gasteiger charge is 2.18. The van der Waals surface area contributed by atoms with Crippen LogP contribution in [-0.4, -0.2) is 15.9 Å². The minimum absolute atomic E-state index is 0.000402. The minimum atomic E-state index is -0.693. The van der Waals surface area contributed by atoms with E-state index < -0.39 is 11.7 Å². The van der Waals surface area contributed by atoms with Crippen molar-refractivity contribution in [3.8, 4) is 0 Å². The van der Waals surface area contributed by atoms with Crippen molar-refractivity contribution in [2.24, 2.45) is 0 Å². The van der Waals surface area contributed by atoms with Crippen LogP contribution in [0.5, 0.6) is 0 Å². The highest BCUT2D eigenvalue weighted by atomic mass is 79.9. The Kier molecular flexibility index (Phi) is 4.34. The Balaban J connectivity index is 2.34. The molecule has 0 aliphatic rings. The van der Waals surface area contributed by atoms with Crippen molar-refractivity contribution >= 4 is 50.9 Å². The van der Waals surface area contributed by atoms with Crippen LogP contribution >= 0.6 is 39.1 Å². The molecule has 1 amide bonds. The molecule has 0 saturated heterocycles. The van der Waals surface area contributed by atoms with Gasteiger partial charge in [0.1, 0.15) is 17.2 Å². The van der Waals surface area contributed by atoms with Crippen LogP contribution in [0.2, 0.25) is 10.2 Å². The molecular weight excluding hydrogens is 360 g/mol. The fraction of sp³-hybridized carbons (Fsp3) is 0. The predicted molar refractivity (Wildman–Crippen MR) is 74.1 cm³/mol. The number of anilines is 1. The first-order valence-corrected chi connectivity index (χ1v) is 6.47. The molecule has 1 aromatic carbocycles. The number of halogens is 4. The van der Waals surface area contributed by atoms with Crippen LogP contribution in [-0.2, 0) is 0 Å². The molecule has 0 fully saturated rings. The number of aromatic nitrogens is 2. The molecule has 0 aliphatic carbocycles. The van der Waals surface area contributed by atoms with Gasteiger partial charge in [0.25, 0.3) is 5.91 Å². The number of carbonyl (C=O) groups excluding carboxylic acids is 1. The molecule has 2 rings (SSSR count). The van der Waals surface area contributed by atoms with Gasteiger partial charge >= 0.3 is 0 Å². The minimum Gasteiger partial charge on any atom is -0.305 e. The third-order valence-electron chi connectivity index (χ3n) is 2.17. The maximum atomic E-state index is 13.6. The molecule has 8 heteroatoms. The number of benzene rings is 1. The van der Waals surface area contributed by atoms with Gasteiger partial charge in [-0.25, -0.2) is 14.4 Å². The zero-order valence-corrected chi connectivity index (χ0v) is 12.2. The summed E-state index contributed by atoms with van der Waals surface area (Å²) >= 11 is 14.6. The topological polar surface area (TPSA) is 54.9 Å². The molecule has 0 aliphatic heterocycles. The van der Waals surface area contributed by atoms with E-state index >= 15 is 0 Å². The fourth-order valence-corrected chi connectivity index (χ4v) is 2.12. The molecule has 0 radical (unpaired) electrons. The zero-order chi connectivity index (χ0) is 14.0. The van der Waals surface area contributed by atoms with Gasteiger partial charge in [0.05, 0.1) is 5.56 Å². The second-order valence-electron chi connectivity index (χ2n) is 3.38. The largest absolute Gasteiger partial charge is 0.305 e. The Morgan fingerprint density at radius 1 is 1.32 bits per heavy atom. The molecule has 0 bridgehead atoms. The van der Waals surface area contributed by atoms with E-state index in [9.17, 15) is 9.18 Å². The summed E-state index contributed by atoms with van der Waals surface area (Å²) in [6.45, 7) is 0. The molecule has 0 spiro atoms. The normalized spacial score (nSPS) is 10.3. The standard InChI is InChI=1S/C11H5BrCl2FN3O/c12-5-2-1-3-6(15)7(5)11(19)18-10-8(13)9(14)16-4-17-10/h1-4H,(H,16,17,18,19). The SMILES string of the molecule is O=C(Nc1ncnc(Cl)c1Cl)c1c(F)cccc1Br. The summed E-state index contributed by atoms with van der Waals surface area (Å²) in [5.74, 6) is -1.34. The van der Waals surface area contributed by atoms with Gasteiger partial charge in [-0.05, 0) is 28.1 Å². The van der Waals surface area contributed by atoms with Gasteiger partial charge in [-0.2, -0.15) is 0 Å². The van der Waals surface area contributed by atoms with E-state index in [1.54, 1.807) is 6.07 Å². The first kappa shape index (κ1) is 14.2. The van der Waals surface area contributed by atoms with E-state index in [1.807, 2.05) is 0 Å². The Morgan fingerprint density at radius 3 is 2.74 bits per heavy atom. The van der Waals surface area contributed by atoms with Crippen molar-refractivity contribution in [2.75, 3.05) is 5.32 Å². The molecule has 2 aromatic rings. The number of hydrogen-bond donors (Lipinski definition) is 1. The number of carbonyl (C=O) groups is 1. The summed E-state index contributed by atoms with van der Waals surface area (Å²) in [5, 5.41) is 2.36. The Labute approximate surface area is 126 Å². The lowest BCUT2D eigenvalue weighted by Gasteiger charge is -2.08. The van der Waals surface area contributed by atoms with Gasteiger partial charge in [0.15, 0.2) is 11.0 Å². The lowest BCUT2D eigenvalue weighted by Crippen LogP contribution is -2.16. The molecular formula is C11H5BrCl2FN3O. The Bertz CT molecular complexity index is 634. The smallest absolute Gasteiger partial charge is 0.260 e. The summed E-state index contributed by atoms with van der Waals surface area (Å²) in [6.07, 6.45) is 1.14. The lowest BCUT2D eigenvalue weighted by molar-refractivity contribution is 0.102. The Morgan fingerprint density at radius 2 is 2.05 bits per heavy atom. The maximum Gasteiger partial charge on any atom is 0.260 e. The highest BCUT2D eigenvalue weighted by molar-refractivity contribution is 9.10. The van der Waals surface area contributed by atoms with E-state index in [2.05, 4.69) is 31.2 Å². The van der Waals surface area contributed by atoms with Crippen LogP contribution in [0.3, 0.4) is 0 Å². The van der Waals surface area contributed by atoms with Crippen molar-refractivity contribution in [2.45, 2.75) is 0 Å². The van der Waals surface area contributed by atoms with Crippen molar-refractivity contribution in [1.29, 1.82) is 0 Å². The van der Waals surface area contributed by atoms with Gasteiger partial charge in [-0.1, -0.05) is 29.3 Å². The first-order valence-electron chi connectivity index (χ1n) is 4.92. The summed E-state index contributed by atoms with van der Waals surface area (Å²) in [7, 11) is 0. The van der Waals surface area contributed by atoms with E-state index in [4.69, 9.17) is 23.2 Å². The number of hydrogen-bond acceptors (Lipinski definition) is 3. The van der Waals surface area contributed by atoms with E-state index in [1.165, 1.54) is 12.1 Å². The van der Waals surface area contributed by atoms with Gasteiger partial charge in [0, 0.05) is 4.47 Å². The average molecular weight is 365 g/mol. The van der Waals surface area contributed by atoms with Crippen LogP contribution < -0.4 is 5.32 Å². The van der Waals surface area contributed by atoms with Crippen molar-refractivity contribution in [3.63, 3.8) is 0 Å². The molecule has 0 unspecified atom stereocenters. The van der Waals surface area contributed by atoms with E-state index in [0.29, 0.717) is 4.47 Å². The molecule has 1 aromatic heterocycles. The van der Waals surface area contributed by atoms with Crippen LogP contribution in [0, 0.1) is 5.82 Å². The third-order valence-corrected chi connectivity index (χ3v) is 3.57. The molecule has 1 N–H and O–H groups in total. The number of rotatable bonds is 2. The van der Waals surface area contributed by atoms with Crippen LogP contribution in [0.4, 0.5) is 10.2 Å². The average Bonchev–Trinajstić information content (AvgIpc) is 2.35. The molecule has 98 valence electrons. The van der Waals surface area contributed by atoms with Crippen molar-refractivity contribution < 1.29 is 9.18 Å². The van der Waals surface area contributed by atoms with Crippen LogP contribution in [0.25, 0.3) is 0 Å². The summed E-state index contributed by atoms with van der Waals surface area (Å²) in [6, 6.07) is 4.20. The second kappa shape index (κ2) is 5.81. The number of amides is 1. The molecule has 0 saturated carbocycles. The predicted octanol–water partition coefficient (Wildman–Crippen LogP) is 3.94. The monoisotopic (exact) mass is 363 g/mol. The first-order chi connectivity index (χ1) is 9.00. The Hall–Kier alpha value is -1.24. The second-order valence-corrected chi connectivity index (χ2v) is 4.97. The lowest BCUT2D eigenvalue weighted by atomic mass is 10.2. The van der Waals surface area contributed by atoms with Gasteiger partial charge in [-0.15, -0.1) is 0 Å². The quantitative estimate of drug-likeness (QED) is 0.821. The molecule has 19 heavy (non-hydrogen) atoms. The van der Waals surface area contributed by atoms with Gasteiger partial charge in [-0.3, -0.25) is 4.79 Å². The van der Waals surface area contributed by atoms with Crippen molar-refractivity contribution in [1.82, 2.24) is 9.97 Å². The van der Waals surface area contributed by atoms with E-state index in [0.717, 1.165) is 6.33 Å².